The molecule has 1 aromatic carbocycles. The predicted molar refractivity (Wildman–Crippen MR) is 60.9 cm³/mol. The molecule has 4 nitrogen and oxygen atoms in total. The summed E-state index contributed by atoms with van der Waals surface area (Å²) in [5.41, 5.74) is 2.23. The molecule has 0 aliphatic heterocycles. The zero-order valence-electron chi connectivity index (χ0n) is 9.50. The smallest absolute Gasteiger partial charge is 0.163 e. The highest BCUT2D eigenvalue weighted by atomic mass is 32.2. The maximum absolute atomic E-state index is 13.6. The van der Waals surface area contributed by atoms with Gasteiger partial charge in [0.25, 0.3) is 0 Å². The summed E-state index contributed by atoms with van der Waals surface area (Å²) in [4.78, 5) is 0. The lowest BCUT2D eigenvalue weighted by Crippen LogP contribution is -2.33. The molecule has 0 fully saturated rings. The van der Waals surface area contributed by atoms with E-state index in [-0.39, 0.29) is 11.1 Å². The van der Waals surface area contributed by atoms with Crippen molar-refractivity contribution in [2.75, 3.05) is 12.0 Å². The zero-order chi connectivity index (χ0) is 13.2. The molecule has 3 N–H and O–H groups in total. The summed E-state index contributed by atoms with van der Waals surface area (Å²) in [6.07, 6.45) is 1.000. The lowest BCUT2D eigenvalue weighted by molar-refractivity contribution is 0.471. The van der Waals surface area contributed by atoms with Gasteiger partial charge < -0.3 is 0 Å². The number of rotatable bonds is 4. The van der Waals surface area contributed by atoms with Crippen LogP contribution in [0.1, 0.15) is 17.2 Å². The highest BCUT2D eigenvalue weighted by Crippen LogP contribution is 2.22. The number of sulfone groups is 1. The van der Waals surface area contributed by atoms with Crippen molar-refractivity contribution in [2.45, 2.75) is 13.0 Å². The van der Waals surface area contributed by atoms with Gasteiger partial charge in [0.1, 0.15) is 9.84 Å². The molecule has 0 amide bonds. The molecule has 17 heavy (non-hydrogen) atoms. The van der Waals surface area contributed by atoms with Crippen LogP contribution in [0.5, 0.6) is 0 Å². The molecule has 0 aliphatic carbocycles. The second-order valence-electron chi connectivity index (χ2n) is 3.91. The average molecular weight is 264 g/mol. The minimum Gasteiger partial charge on any atom is -0.271 e. The third-order valence-electron chi connectivity index (χ3n) is 2.35. The van der Waals surface area contributed by atoms with Crippen LogP contribution in [0.25, 0.3) is 0 Å². The number of halogens is 2. The Balaban J connectivity index is 3.18. The van der Waals surface area contributed by atoms with Gasteiger partial charge in [-0.15, -0.1) is 0 Å². The summed E-state index contributed by atoms with van der Waals surface area (Å²) < 4.78 is 49.2. The first-order valence-corrected chi connectivity index (χ1v) is 6.90. The van der Waals surface area contributed by atoms with Gasteiger partial charge in [0.05, 0.1) is 11.8 Å². The van der Waals surface area contributed by atoms with Gasteiger partial charge in [-0.05, 0) is 12.5 Å². The first kappa shape index (κ1) is 14.0. The number of aryl methyl sites for hydroxylation is 1. The number of hydrazine groups is 1. The van der Waals surface area contributed by atoms with Crippen LogP contribution in [0.3, 0.4) is 0 Å². The van der Waals surface area contributed by atoms with Crippen LogP contribution in [0.2, 0.25) is 0 Å². The molecule has 0 heterocycles. The number of hydrogen-bond donors (Lipinski definition) is 2. The summed E-state index contributed by atoms with van der Waals surface area (Å²) in [6, 6.07) is 1.73. The fourth-order valence-corrected chi connectivity index (χ4v) is 2.34. The van der Waals surface area contributed by atoms with Gasteiger partial charge in [0.2, 0.25) is 0 Å². The van der Waals surface area contributed by atoms with Gasteiger partial charge in [-0.2, -0.15) is 0 Å². The molecule has 1 rings (SSSR count). The number of nitrogens with two attached hydrogens (primary N) is 1. The van der Waals surface area contributed by atoms with Gasteiger partial charge >= 0.3 is 0 Å². The Bertz CT molecular complexity index is 517. The third kappa shape index (κ3) is 3.45. The summed E-state index contributed by atoms with van der Waals surface area (Å²) >= 11 is 0. The summed E-state index contributed by atoms with van der Waals surface area (Å²) in [5, 5.41) is 0. The number of benzene rings is 1. The fourth-order valence-electron chi connectivity index (χ4n) is 1.46. The summed E-state index contributed by atoms with van der Waals surface area (Å²) in [7, 11) is -3.35. The highest BCUT2D eigenvalue weighted by Gasteiger charge is 2.22. The van der Waals surface area contributed by atoms with Crippen molar-refractivity contribution >= 4 is 9.84 Å². The molecule has 1 aromatic rings. The van der Waals surface area contributed by atoms with Crippen LogP contribution in [0.4, 0.5) is 8.78 Å². The van der Waals surface area contributed by atoms with Crippen LogP contribution in [-0.4, -0.2) is 20.4 Å². The molecule has 0 bridgehead atoms. The Morgan fingerprint density at radius 2 is 1.94 bits per heavy atom. The Labute approximate surface area is 98.7 Å². The maximum Gasteiger partial charge on any atom is 0.163 e. The SMILES string of the molecule is Cc1ccc(C(CS(C)(=O)=O)NN)c(F)c1F. The van der Waals surface area contributed by atoms with Crippen LogP contribution >= 0.6 is 0 Å². The number of hydrogen-bond acceptors (Lipinski definition) is 4. The minimum atomic E-state index is -3.35. The minimum absolute atomic E-state index is 0.0963. The monoisotopic (exact) mass is 264 g/mol. The Morgan fingerprint density at radius 1 is 1.35 bits per heavy atom. The molecule has 0 saturated carbocycles. The molecular formula is C10H14F2N2O2S. The van der Waals surface area contributed by atoms with Crippen molar-refractivity contribution in [2.24, 2.45) is 5.84 Å². The van der Waals surface area contributed by atoms with Gasteiger partial charge in [0.15, 0.2) is 11.6 Å². The van der Waals surface area contributed by atoms with Crippen LogP contribution in [0.15, 0.2) is 12.1 Å². The molecule has 96 valence electrons. The van der Waals surface area contributed by atoms with E-state index in [1.54, 1.807) is 0 Å². The first-order chi connectivity index (χ1) is 7.76. The fraction of sp³-hybridized carbons (Fsp3) is 0.400. The van der Waals surface area contributed by atoms with E-state index in [2.05, 4.69) is 5.43 Å². The van der Waals surface area contributed by atoms with Crippen LogP contribution < -0.4 is 11.3 Å². The molecule has 0 saturated heterocycles. The molecule has 0 radical (unpaired) electrons. The lowest BCUT2D eigenvalue weighted by atomic mass is 10.1. The van der Waals surface area contributed by atoms with E-state index in [1.165, 1.54) is 19.1 Å². The Morgan fingerprint density at radius 3 is 2.41 bits per heavy atom. The quantitative estimate of drug-likeness (QED) is 0.624. The molecule has 0 spiro atoms. The van der Waals surface area contributed by atoms with Crippen molar-refractivity contribution in [1.82, 2.24) is 5.43 Å². The maximum atomic E-state index is 13.6. The van der Waals surface area contributed by atoms with Gasteiger partial charge in [-0.3, -0.25) is 11.3 Å². The molecule has 1 atom stereocenters. The van der Waals surface area contributed by atoms with E-state index in [9.17, 15) is 17.2 Å². The van der Waals surface area contributed by atoms with Crippen molar-refractivity contribution in [1.29, 1.82) is 0 Å². The van der Waals surface area contributed by atoms with Crippen molar-refractivity contribution in [3.63, 3.8) is 0 Å². The van der Waals surface area contributed by atoms with E-state index in [4.69, 9.17) is 5.84 Å². The summed E-state index contributed by atoms with van der Waals surface area (Å²) in [5.74, 6) is 2.70. The van der Waals surface area contributed by atoms with E-state index in [0.717, 1.165) is 6.26 Å². The standard InChI is InChI=1S/C10H14F2N2O2S/c1-6-3-4-7(10(12)9(6)11)8(14-13)5-17(2,15)16/h3-4,8,14H,5,13H2,1-2H3. The molecule has 7 heteroatoms. The molecular weight excluding hydrogens is 250 g/mol. The van der Waals surface area contributed by atoms with E-state index < -0.39 is 33.3 Å². The topological polar surface area (TPSA) is 72.2 Å². The number of nitrogens with one attached hydrogen (secondary N) is 1. The van der Waals surface area contributed by atoms with E-state index in [1.807, 2.05) is 0 Å². The van der Waals surface area contributed by atoms with E-state index in [0.29, 0.717) is 0 Å². The Kier molecular flexibility index (Phi) is 4.18. The average Bonchev–Trinajstić information content (AvgIpc) is 2.22. The second-order valence-corrected chi connectivity index (χ2v) is 6.10. The summed E-state index contributed by atoms with van der Waals surface area (Å²) in [6.45, 7) is 1.42. The predicted octanol–water partition coefficient (Wildman–Crippen LogP) is 0.822. The van der Waals surface area contributed by atoms with E-state index >= 15 is 0 Å². The largest absolute Gasteiger partial charge is 0.271 e. The zero-order valence-corrected chi connectivity index (χ0v) is 10.3. The van der Waals surface area contributed by atoms with Crippen molar-refractivity contribution < 1.29 is 17.2 Å². The van der Waals surface area contributed by atoms with Gasteiger partial charge in [-0.1, -0.05) is 12.1 Å². The van der Waals surface area contributed by atoms with Gasteiger partial charge in [0, 0.05) is 11.8 Å². The third-order valence-corrected chi connectivity index (χ3v) is 3.29. The van der Waals surface area contributed by atoms with Gasteiger partial charge in [-0.25, -0.2) is 17.2 Å². The Hall–Kier alpha value is -1.05. The van der Waals surface area contributed by atoms with Crippen molar-refractivity contribution in [3.8, 4) is 0 Å². The molecule has 0 aliphatic rings. The van der Waals surface area contributed by atoms with Crippen LogP contribution in [0, 0.1) is 18.6 Å². The van der Waals surface area contributed by atoms with Crippen molar-refractivity contribution in [3.05, 3.63) is 34.9 Å². The second kappa shape index (κ2) is 5.07. The normalized spacial score (nSPS) is 13.7. The van der Waals surface area contributed by atoms with Crippen LogP contribution in [-0.2, 0) is 9.84 Å². The molecule has 1 unspecified atom stereocenters. The highest BCUT2D eigenvalue weighted by molar-refractivity contribution is 7.90. The molecule has 0 aromatic heterocycles. The first-order valence-electron chi connectivity index (χ1n) is 4.84. The lowest BCUT2D eigenvalue weighted by Gasteiger charge is -2.16.